The first-order chi connectivity index (χ1) is 14.6. The van der Waals surface area contributed by atoms with E-state index >= 15 is 0 Å². The fourth-order valence-corrected chi connectivity index (χ4v) is 3.15. The van der Waals surface area contributed by atoms with E-state index in [4.69, 9.17) is 28.4 Å². The van der Waals surface area contributed by atoms with Gasteiger partial charge in [-0.05, 0) is 35.4 Å². The summed E-state index contributed by atoms with van der Waals surface area (Å²) in [7, 11) is 7.48. The molecule has 0 aliphatic rings. The highest BCUT2D eigenvalue weighted by atomic mass is 16.6. The molecular weight excluding hydrogens is 388 g/mol. The SMILES string of the molecule is COc1c(OC)c(OC)c(Oc2ccc(-c3cccc([O])c3)cc2)c(OC)c1OC. The quantitative estimate of drug-likeness (QED) is 0.499. The molecule has 0 saturated carbocycles. The number of hydrogen-bond donors (Lipinski definition) is 0. The molecule has 0 amide bonds. The van der Waals surface area contributed by atoms with E-state index in [1.807, 2.05) is 18.2 Å². The maximum atomic E-state index is 11.6. The van der Waals surface area contributed by atoms with Crippen molar-refractivity contribution in [3.8, 4) is 57.1 Å². The van der Waals surface area contributed by atoms with Crippen molar-refractivity contribution in [2.24, 2.45) is 0 Å². The van der Waals surface area contributed by atoms with E-state index in [0.29, 0.717) is 34.5 Å². The lowest BCUT2D eigenvalue weighted by molar-refractivity contribution is 0.275. The fourth-order valence-electron chi connectivity index (χ4n) is 3.15. The van der Waals surface area contributed by atoms with Crippen LogP contribution in [-0.4, -0.2) is 35.5 Å². The molecule has 157 valence electrons. The van der Waals surface area contributed by atoms with Gasteiger partial charge in [-0.3, -0.25) is 5.11 Å². The minimum Gasteiger partial charge on any atom is -0.490 e. The molecule has 0 N–H and O–H groups in total. The van der Waals surface area contributed by atoms with Crippen LogP contribution in [0.2, 0.25) is 0 Å². The van der Waals surface area contributed by atoms with E-state index in [1.165, 1.54) is 41.6 Å². The van der Waals surface area contributed by atoms with Crippen LogP contribution in [0.5, 0.6) is 46.0 Å². The fraction of sp³-hybridized carbons (Fsp3) is 0.217. The highest BCUT2D eigenvalue weighted by Gasteiger charge is 2.30. The van der Waals surface area contributed by atoms with Crippen LogP contribution >= 0.6 is 0 Å². The van der Waals surface area contributed by atoms with Gasteiger partial charge in [0, 0.05) is 0 Å². The van der Waals surface area contributed by atoms with Crippen LogP contribution in [0.4, 0.5) is 0 Å². The van der Waals surface area contributed by atoms with E-state index in [-0.39, 0.29) is 11.5 Å². The molecule has 0 aliphatic heterocycles. The van der Waals surface area contributed by atoms with Crippen LogP contribution in [0, 0.1) is 0 Å². The van der Waals surface area contributed by atoms with Crippen LogP contribution < -0.4 is 28.4 Å². The summed E-state index contributed by atoms with van der Waals surface area (Å²) in [6, 6.07) is 14.0. The van der Waals surface area contributed by atoms with Crippen molar-refractivity contribution in [1.29, 1.82) is 0 Å². The van der Waals surface area contributed by atoms with E-state index < -0.39 is 0 Å². The minimum atomic E-state index is -0.0419. The molecule has 1 radical (unpaired) electrons. The average molecular weight is 411 g/mol. The molecule has 0 bridgehead atoms. The molecule has 3 aromatic rings. The normalized spacial score (nSPS) is 10.3. The summed E-state index contributed by atoms with van der Waals surface area (Å²) >= 11 is 0. The second-order valence-electron chi connectivity index (χ2n) is 6.15. The zero-order valence-corrected chi connectivity index (χ0v) is 17.5. The predicted octanol–water partition coefficient (Wildman–Crippen LogP) is 5.33. The third-order valence-corrected chi connectivity index (χ3v) is 4.50. The molecule has 0 aliphatic carbocycles. The lowest BCUT2D eigenvalue weighted by Crippen LogP contribution is -2.03. The summed E-state index contributed by atoms with van der Waals surface area (Å²) in [6.07, 6.45) is 0. The molecule has 0 unspecified atom stereocenters. The molecule has 0 saturated heterocycles. The molecule has 0 fully saturated rings. The van der Waals surface area contributed by atoms with Gasteiger partial charge in [-0.1, -0.05) is 24.3 Å². The second-order valence-corrected chi connectivity index (χ2v) is 6.15. The summed E-state index contributed by atoms with van der Waals surface area (Å²) in [5, 5.41) is 11.6. The smallest absolute Gasteiger partial charge is 0.219 e. The Morgan fingerprint density at radius 2 is 1.00 bits per heavy atom. The van der Waals surface area contributed by atoms with Gasteiger partial charge >= 0.3 is 0 Å². The predicted molar refractivity (Wildman–Crippen MR) is 111 cm³/mol. The van der Waals surface area contributed by atoms with Crippen molar-refractivity contribution in [1.82, 2.24) is 0 Å². The van der Waals surface area contributed by atoms with Gasteiger partial charge in [0.05, 0.1) is 35.5 Å². The van der Waals surface area contributed by atoms with Gasteiger partial charge in [0.25, 0.3) is 0 Å². The van der Waals surface area contributed by atoms with Crippen LogP contribution in [0.3, 0.4) is 0 Å². The lowest BCUT2D eigenvalue weighted by Gasteiger charge is -2.21. The monoisotopic (exact) mass is 411 g/mol. The third-order valence-electron chi connectivity index (χ3n) is 4.50. The largest absolute Gasteiger partial charge is 0.490 e. The summed E-state index contributed by atoms with van der Waals surface area (Å²) < 4.78 is 33.5. The van der Waals surface area contributed by atoms with Crippen molar-refractivity contribution in [3.05, 3.63) is 48.5 Å². The maximum Gasteiger partial charge on any atom is 0.219 e. The van der Waals surface area contributed by atoms with Crippen LogP contribution in [0.15, 0.2) is 48.5 Å². The molecule has 3 rings (SSSR count). The van der Waals surface area contributed by atoms with Gasteiger partial charge in [-0.15, -0.1) is 0 Å². The molecule has 7 nitrogen and oxygen atoms in total. The van der Waals surface area contributed by atoms with Gasteiger partial charge in [-0.2, -0.15) is 0 Å². The third kappa shape index (κ3) is 3.87. The molecular formula is C23H23O7. The Morgan fingerprint density at radius 3 is 1.43 bits per heavy atom. The Hall–Kier alpha value is -3.74. The van der Waals surface area contributed by atoms with Crippen LogP contribution in [-0.2, 0) is 5.11 Å². The molecule has 30 heavy (non-hydrogen) atoms. The molecule has 0 aromatic heterocycles. The average Bonchev–Trinajstić information content (AvgIpc) is 2.78. The van der Waals surface area contributed by atoms with Crippen LogP contribution in [0.1, 0.15) is 0 Å². The summed E-state index contributed by atoms with van der Waals surface area (Å²) in [6.45, 7) is 0. The Labute approximate surface area is 175 Å². The first-order valence-electron chi connectivity index (χ1n) is 9.07. The highest BCUT2D eigenvalue weighted by Crippen LogP contribution is 2.58. The van der Waals surface area contributed by atoms with Crippen molar-refractivity contribution in [2.75, 3.05) is 35.5 Å². The Bertz CT molecular complexity index is 980. The number of rotatable bonds is 8. The van der Waals surface area contributed by atoms with Gasteiger partial charge in [0.1, 0.15) is 5.75 Å². The zero-order chi connectivity index (χ0) is 21.7. The van der Waals surface area contributed by atoms with Gasteiger partial charge in [-0.25, -0.2) is 0 Å². The Balaban J connectivity index is 2.05. The molecule has 0 atom stereocenters. The second kappa shape index (κ2) is 9.17. The first kappa shape index (κ1) is 21.0. The molecule has 0 spiro atoms. The topological polar surface area (TPSA) is 75.3 Å². The summed E-state index contributed by atoms with van der Waals surface area (Å²) in [5.41, 5.74) is 1.72. The van der Waals surface area contributed by atoms with Crippen molar-refractivity contribution in [2.45, 2.75) is 0 Å². The van der Waals surface area contributed by atoms with Crippen molar-refractivity contribution >= 4 is 0 Å². The standard InChI is InChI=1S/C23H23O7/c1-25-18-19(26-2)21(28-4)23(22(29-5)20(18)27-3)30-17-11-9-14(10-12-17)15-7-6-8-16(24)13-15/h6-13H,1-5H3. The number of ether oxygens (including phenoxy) is 6. The number of hydrogen-bond acceptors (Lipinski definition) is 6. The van der Waals surface area contributed by atoms with Gasteiger partial charge in [0.15, 0.2) is 5.75 Å². The van der Waals surface area contributed by atoms with E-state index in [9.17, 15) is 5.11 Å². The van der Waals surface area contributed by atoms with Crippen molar-refractivity contribution < 1.29 is 33.5 Å². The van der Waals surface area contributed by atoms with E-state index in [0.717, 1.165) is 11.1 Å². The summed E-state index contributed by atoms with van der Waals surface area (Å²) in [5.74, 6) is 2.33. The van der Waals surface area contributed by atoms with E-state index in [1.54, 1.807) is 24.3 Å². The Kier molecular flexibility index (Phi) is 6.41. The molecule has 3 aromatic carbocycles. The maximum absolute atomic E-state index is 11.6. The zero-order valence-electron chi connectivity index (χ0n) is 17.5. The highest BCUT2D eigenvalue weighted by molar-refractivity contribution is 5.74. The minimum absolute atomic E-state index is 0.0419. The van der Waals surface area contributed by atoms with Gasteiger partial charge in [0.2, 0.25) is 34.5 Å². The van der Waals surface area contributed by atoms with Gasteiger partial charge < -0.3 is 28.4 Å². The lowest BCUT2D eigenvalue weighted by atomic mass is 10.1. The summed E-state index contributed by atoms with van der Waals surface area (Å²) in [4.78, 5) is 0. The number of benzene rings is 3. The Morgan fingerprint density at radius 1 is 0.533 bits per heavy atom. The first-order valence-corrected chi connectivity index (χ1v) is 9.07. The molecule has 0 heterocycles. The number of methoxy groups -OCH3 is 5. The van der Waals surface area contributed by atoms with Crippen molar-refractivity contribution in [3.63, 3.8) is 0 Å². The van der Waals surface area contributed by atoms with E-state index in [2.05, 4.69) is 0 Å². The molecule has 7 heteroatoms. The van der Waals surface area contributed by atoms with Crippen LogP contribution in [0.25, 0.3) is 11.1 Å².